The smallest absolute Gasteiger partial charge is 0.177 e. The lowest BCUT2D eigenvalue weighted by Gasteiger charge is -2.26. The van der Waals surface area contributed by atoms with Crippen molar-refractivity contribution >= 4 is 5.78 Å². The normalized spacial score (nSPS) is 31.6. The lowest BCUT2D eigenvalue weighted by atomic mass is 9.94. The summed E-state index contributed by atoms with van der Waals surface area (Å²) >= 11 is 0. The molecule has 0 aromatic rings. The highest BCUT2D eigenvalue weighted by Crippen LogP contribution is 2.54. The Morgan fingerprint density at radius 3 is 1.94 bits per heavy atom. The Morgan fingerprint density at radius 2 is 1.65 bits per heavy atom. The standard InChI is InChI=1S/C12H20O5/c1-6(2)5-7(13)8(14)9(15)12(17)10(16)11(12,3)4/h5,7-9,13-15,17H,1-4H3/t7-,8+,9+,12-/m1/s1. The second kappa shape index (κ2) is 4.17. The summed E-state index contributed by atoms with van der Waals surface area (Å²) < 4.78 is 0. The van der Waals surface area contributed by atoms with Gasteiger partial charge in [0.1, 0.15) is 18.3 Å². The largest absolute Gasteiger partial charge is 0.387 e. The molecule has 5 nitrogen and oxygen atoms in total. The van der Waals surface area contributed by atoms with Gasteiger partial charge in [0.05, 0.1) is 5.41 Å². The first-order valence-electron chi connectivity index (χ1n) is 5.53. The van der Waals surface area contributed by atoms with Crippen molar-refractivity contribution < 1.29 is 25.2 Å². The van der Waals surface area contributed by atoms with Gasteiger partial charge < -0.3 is 20.4 Å². The third-order valence-corrected chi connectivity index (χ3v) is 3.41. The van der Waals surface area contributed by atoms with Crippen molar-refractivity contribution in [1.82, 2.24) is 0 Å². The van der Waals surface area contributed by atoms with E-state index < -0.39 is 35.1 Å². The van der Waals surface area contributed by atoms with Crippen LogP contribution in [-0.2, 0) is 4.79 Å². The Labute approximate surface area is 100 Å². The highest BCUT2D eigenvalue weighted by molar-refractivity contribution is 6.11. The number of allylic oxidation sites excluding steroid dienone is 1. The third kappa shape index (κ3) is 2.04. The van der Waals surface area contributed by atoms with Crippen LogP contribution in [0.2, 0.25) is 0 Å². The van der Waals surface area contributed by atoms with E-state index in [9.17, 15) is 25.2 Å². The monoisotopic (exact) mass is 244 g/mol. The maximum atomic E-state index is 11.4. The zero-order valence-corrected chi connectivity index (χ0v) is 10.5. The molecular weight excluding hydrogens is 224 g/mol. The fourth-order valence-corrected chi connectivity index (χ4v) is 2.00. The number of aliphatic hydroxyl groups is 4. The number of carbonyl (C=O) groups excluding carboxylic acids is 1. The van der Waals surface area contributed by atoms with Crippen LogP contribution in [0.3, 0.4) is 0 Å². The van der Waals surface area contributed by atoms with Crippen molar-refractivity contribution in [3.63, 3.8) is 0 Å². The molecule has 1 aliphatic carbocycles. The van der Waals surface area contributed by atoms with E-state index in [1.165, 1.54) is 19.9 Å². The zero-order chi connectivity index (χ0) is 13.6. The van der Waals surface area contributed by atoms with E-state index in [0.29, 0.717) is 0 Å². The van der Waals surface area contributed by atoms with Gasteiger partial charge in [-0.3, -0.25) is 4.79 Å². The molecule has 17 heavy (non-hydrogen) atoms. The maximum Gasteiger partial charge on any atom is 0.177 e. The van der Waals surface area contributed by atoms with Gasteiger partial charge in [0, 0.05) is 0 Å². The number of hydrogen-bond donors (Lipinski definition) is 4. The van der Waals surface area contributed by atoms with Crippen LogP contribution in [0, 0.1) is 5.41 Å². The van der Waals surface area contributed by atoms with Crippen molar-refractivity contribution in [2.45, 2.75) is 51.6 Å². The van der Waals surface area contributed by atoms with Gasteiger partial charge in [0.25, 0.3) is 0 Å². The average Bonchev–Trinajstić information content (AvgIpc) is 2.60. The van der Waals surface area contributed by atoms with Crippen LogP contribution >= 0.6 is 0 Å². The first kappa shape index (κ1) is 14.3. The first-order chi connectivity index (χ1) is 7.56. The highest BCUT2D eigenvalue weighted by atomic mass is 16.4. The minimum absolute atomic E-state index is 0.527. The molecule has 0 heterocycles. The van der Waals surface area contributed by atoms with Crippen molar-refractivity contribution in [2.75, 3.05) is 0 Å². The van der Waals surface area contributed by atoms with E-state index >= 15 is 0 Å². The zero-order valence-electron chi connectivity index (χ0n) is 10.5. The van der Waals surface area contributed by atoms with Crippen molar-refractivity contribution in [2.24, 2.45) is 5.41 Å². The van der Waals surface area contributed by atoms with Crippen LogP contribution in [0.4, 0.5) is 0 Å². The second-order valence-electron chi connectivity index (χ2n) is 5.39. The van der Waals surface area contributed by atoms with E-state index in [2.05, 4.69) is 0 Å². The molecule has 4 atom stereocenters. The molecule has 0 bridgehead atoms. The SMILES string of the molecule is CC(C)=C[C@@H](O)[C@H](O)[C@H](O)[C@@]1(O)C(=O)C1(C)C. The molecule has 0 radical (unpaired) electrons. The van der Waals surface area contributed by atoms with Crippen molar-refractivity contribution in [3.05, 3.63) is 11.6 Å². The minimum atomic E-state index is -1.97. The molecule has 5 heteroatoms. The Hall–Kier alpha value is -0.750. The molecule has 1 aliphatic rings. The summed E-state index contributed by atoms with van der Waals surface area (Å²) in [7, 11) is 0. The van der Waals surface area contributed by atoms with Crippen LogP contribution in [0.15, 0.2) is 11.6 Å². The van der Waals surface area contributed by atoms with Crippen LogP contribution in [0.25, 0.3) is 0 Å². The summed E-state index contributed by atoms with van der Waals surface area (Å²) in [5.74, 6) is -0.527. The number of aliphatic hydroxyl groups excluding tert-OH is 3. The van der Waals surface area contributed by atoms with Gasteiger partial charge in [-0.25, -0.2) is 0 Å². The predicted molar refractivity (Wildman–Crippen MR) is 61.2 cm³/mol. The number of carbonyl (C=O) groups is 1. The number of ketones is 1. The molecule has 0 amide bonds. The van der Waals surface area contributed by atoms with E-state index in [0.717, 1.165) is 5.57 Å². The molecule has 98 valence electrons. The minimum Gasteiger partial charge on any atom is -0.387 e. The van der Waals surface area contributed by atoms with Crippen molar-refractivity contribution in [1.29, 1.82) is 0 Å². The molecule has 4 N–H and O–H groups in total. The van der Waals surface area contributed by atoms with Gasteiger partial charge in [-0.15, -0.1) is 0 Å². The number of Topliss-reactive ketones (excluding diaryl/α,β-unsaturated/α-hetero) is 1. The molecule has 1 saturated carbocycles. The van der Waals surface area contributed by atoms with Crippen LogP contribution in [0.1, 0.15) is 27.7 Å². The second-order valence-corrected chi connectivity index (χ2v) is 5.39. The lowest BCUT2D eigenvalue weighted by molar-refractivity contribution is -0.134. The quantitative estimate of drug-likeness (QED) is 0.494. The van der Waals surface area contributed by atoms with Crippen LogP contribution in [0.5, 0.6) is 0 Å². The van der Waals surface area contributed by atoms with Crippen molar-refractivity contribution in [3.8, 4) is 0 Å². The lowest BCUT2D eigenvalue weighted by Crippen LogP contribution is -2.48. The molecule has 1 rings (SSSR count). The molecule has 0 unspecified atom stereocenters. The van der Waals surface area contributed by atoms with Gasteiger partial charge in [0.15, 0.2) is 11.4 Å². The highest BCUT2D eigenvalue weighted by Gasteiger charge is 2.76. The van der Waals surface area contributed by atoms with E-state index in [1.54, 1.807) is 13.8 Å². The summed E-state index contributed by atoms with van der Waals surface area (Å²) in [6.45, 7) is 6.42. The molecule has 0 saturated heterocycles. The molecule has 0 aromatic carbocycles. The summed E-state index contributed by atoms with van der Waals surface area (Å²) in [5, 5.41) is 39.1. The summed E-state index contributed by atoms with van der Waals surface area (Å²) in [4.78, 5) is 11.4. The van der Waals surface area contributed by atoms with Crippen LogP contribution < -0.4 is 0 Å². The summed E-state index contributed by atoms with van der Waals surface area (Å²) in [5.41, 5.74) is -2.29. The Morgan fingerprint density at radius 1 is 1.24 bits per heavy atom. The van der Waals surface area contributed by atoms with Gasteiger partial charge in [0.2, 0.25) is 0 Å². The first-order valence-corrected chi connectivity index (χ1v) is 5.53. The Balaban J connectivity index is 2.83. The van der Waals surface area contributed by atoms with Crippen LogP contribution in [-0.4, -0.2) is 50.1 Å². The number of rotatable bonds is 4. The fraction of sp³-hybridized carbons (Fsp3) is 0.750. The Kier molecular flexibility index (Phi) is 3.51. The van der Waals surface area contributed by atoms with Gasteiger partial charge >= 0.3 is 0 Å². The summed E-state index contributed by atoms with van der Waals surface area (Å²) in [6.07, 6.45) is -3.25. The molecule has 0 aliphatic heterocycles. The number of hydrogen-bond acceptors (Lipinski definition) is 5. The third-order valence-electron chi connectivity index (χ3n) is 3.41. The van der Waals surface area contributed by atoms with E-state index in [-0.39, 0.29) is 0 Å². The maximum absolute atomic E-state index is 11.4. The van der Waals surface area contributed by atoms with E-state index in [1.807, 2.05) is 0 Å². The Bertz CT molecular complexity index is 356. The predicted octanol–water partition coefficient (Wildman–Crippen LogP) is -0.625. The average molecular weight is 244 g/mol. The van der Waals surface area contributed by atoms with E-state index in [4.69, 9.17) is 0 Å². The molecule has 1 fully saturated rings. The molecule has 0 spiro atoms. The topological polar surface area (TPSA) is 98.0 Å². The molecular formula is C12H20O5. The summed E-state index contributed by atoms with van der Waals surface area (Å²) in [6, 6.07) is 0. The van der Waals surface area contributed by atoms with Gasteiger partial charge in [-0.1, -0.05) is 11.6 Å². The van der Waals surface area contributed by atoms with Gasteiger partial charge in [-0.05, 0) is 27.7 Å². The molecule has 0 aromatic heterocycles. The fourth-order valence-electron chi connectivity index (χ4n) is 2.00. The van der Waals surface area contributed by atoms with Gasteiger partial charge in [-0.2, -0.15) is 0 Å².